The van der Waals surface area contributed by atoms with Crippen molar-refractivity contribution in [1.82, 2.24) is 9.97 Å². The van der Waals surface area contributed by atoms with Crippen LogP contribution in [0, 0.1) is 5.92 Å². The summed E-state index contributed by atoms with van der Waals surface area (Å²) in [6.07, 6.45) is 1.06. The largest absolute Gasteiger partial charge is 0.466 e. The molecule has 0 aliphatic rings. The van der Waals surface area contributed by atoms with Crippen LogP contribution in [0.3, 0.4) is 0 Å². The molecule has 0 saturated carbocycles. The van der Waals surface area contributed by atoms with E-state index < -0.39 is 0 Å². The lowest BCUT2D eigenvalue weighted by Crippen LogP contribution is -2.20. The van der Waals surface area contributed by atoms with E-state index in [1.54, 1.807) is 25.1 Å². The number of esters is 1. The Bertz CT molecular complexity index is 661. The predicted molar refractivity (Wildman–Crippen MR) is 83.7 cm³/mol. The first-order valence-electron chi connectivity index (χ1n) is 6.83. The van der Waals surface area contributed by atoms with Crippen molar-refractivity contribution in [2.45, 2.75) is 26.7 Å². The molecule has 2 aromatic rings. The van der Waals surface area contributed by atoms with Crippen molar-refractivity contribution in [2.75, 3.05) is 6.61 Å². The number of benzene rings is 1. The third-order valence-corrected chi connectivity index (χ3v) is 3.74. The highest BCUT2D eigenvalue weighted by molar-refractivity contribution is 6.31. The van der Waals surface area contributed by atoms with Crippen LogP contribution in [0.4, 0.5) is 0 Å². The standard InChI is InChI=1S/C15H16Cl2N2O2/c1-3-9(15(20)21-4-2)7-13-14(17)19-11-6-5-10(16)8-12(11)18-13/h5-6,8-9H,3-4,7H2,1-2H3. The molecule has 2 rings (SSSR count). The number of hydrogen-bond acceptors (Lipinski definition) is 4. The van der Waals surface area contributed by atoms with Crippen LogP contribution in [0.5, 0.6) is 0 Å². The van der Waals surface area contributed by atoms with Gasteiger partial charge in [0, 0.05) is 11.4 Å². The van der Waals surface area contributed by atoms with Gasteiger partial charge in [0.05, 0.1) is 29.3 Å². The molecule has 0 saturated heterocycles. The average Bonchev–Trinajstić information content (AvgIpc) is 2.45. The predicted octanol–water partition coefficient (Wildman–Crippen LogP) is 4.07. The number of carbonyl (C=O) groups is 1. The first-order valence-corrected chi connectivity index (χ1v) is 7.59. The van der Waals surface area contributed by atoms with Crippen LogP contribution in [-0.4, -0.2) is 22.5 Å². The van der Waals surface area contributed by atoms with Crippen molar-refractivity contribution < 1.29 is 9.53 Å². The van der Waals surface area contributed by atoms with Crippen LogP contribution >= 0.6 is 23.2 Å². The number of carbonyl (C=O) groups excluding carboxylic acids is 1. The molecule has 0 radical (unpaired) electrons. The molecule has 1 atom stereocenters. The monoisotopic (exact) mass is 326 g/mol. The van der Waals surface area contributed by atoms with Gasteiger partial charge < -0.3 is 4.74 Å². The summed E-state index contributed by atoms with van der Waals surface area (Å²) in [5.41, 5.74) is 1.93. The quantitative estimate of drug-likeness (QED) is 0.777. The fourth-order valence-corrected chi connectivity index (χ4v) is 2.44. The number of aromatic nitrogens is 2. The average molecular weight is 327 g/mol. The molecule has 21 heavy (non-hydrogen) atoms. The summed E-state index contributed by atoms with van der Waals surface area (Å²) in [5, 5.41) is 0.898. The van der Waals surface area contributed by atoms with Crippen molar-refractivity contribution >= 4 is 40.2 Å². The Morgan fingerprint density at radius 1 is 1.24 bits per heavy atom. The van der Waals surface area contributed by atoms with Crippen molar-refractivity contribution in [1.29, 1.82) is 0 Å². The number of hydrogen-bond donors (Lipinski definition) is 0. The maximum absolute atomic E-state index is 11.9. The second kappa shape index (κ2) is 7.05. The van der Waals surface area contributed by atoms with Crippen LogP contribution in [0.2, 0.25) is 10.2 Å². The van der Waals surface area contributed by atoms with Crippen molar-refractivity contribution in [2.24, 2.45) is 5.92 Å². The van der Waals surface area contributed by atoms with Gasteiger partial charge in [-0.1, -0.05) is 30.1 Å². The first kappa shape index (κ1) is 16.0. The second-order valence-corrected chi connectivity index (χ2v) is 5.45. The molecule has 0 spiro atoms. The van der Waals surface area contributed by atoms with E-state index in [4.69, 9.17) is 27.9 Å². The van der Waals surface area contributed by atoms with Gasteiger partial charge in [0.2, 0.25) is 0 Å². The van der Waals surface area contributed by atoms with Gasteiger partial charge in [-0.05, 0) is 31.5 Å². The maximum Gasteiger partial charge on any atom is 0.309 e. The summed E-state index contributed by atoms with van der Waals surface area (Å²) in [6, 6.07) is 5.24. The van der Waals surface area contributed by atoms with Crippen LogP contribution < -0.4 is 0 Å². The zero-order valence-corrected chi connectivity index (χ0v) is 13.4. The number of ether oxygens (including phenoxy) is 1. The summed E-state index contributed by atoms with van der Waals surface area (Å²) in [5.74, 6) is -0.502. The van der Waals surface area contributed by atoms with Gasteiger partial charge in [-0.15, -0.1) is 0 Å². The Hall–Kier alpha value is -1.39. The molecule has 112 valence electrons. The van der Waals surface area contributed by atoms with Gasteiger partial charge in [0.25, 0.3) is 0 Å². The van der Waals surface area contributed by atoms with E-state index >= 15 is 0 Å². The molecule has 0 aliphatic carbocycles. The third kappa shape index (κ3) is 3.83. The molecule has 1 aromatic heterocycles. The third-order valence-electron chi connectivity index (χ3n) is 3.20. The van der Waals surface area contributed by atoms with Crippen LogP contribution in [0.1, 0.15) is 26.0 Å². The zero-order chi connectivity index (χ0) is 15.4. The van der Waals surface area contributed by atoms with Crippen molar-refractivity contribution in [3.8, 4) is 0 Å². The molecule has 1 aromatic carbocycles. The van der Waals surface area contributed by atoms with Gasteiger partial charge in [-0.3, -0.25) is 4.79 Å². The molecule has 4 nitrogen and oxygen atoms in total. The van der Waals surface area contributed by atoms with E-state index in [1.165, 1.54) is 0 Å². The highest BCUT2D eigenvalue weighted by Gasteiger charge is 2.21. The van der Waals surface area contributed by atoms with E-state index in [0.29, 0.717) is 46.4 Å². The van der Waals surface area contributed by atoms with Crippen molar-refractivity contribution in [3.05, 3.63) is 34.1 Å². The van der Waals surface area contributed by atoms with E-state index in [0.717, 1.165) is 0 Å². The minimum Gasteiger partial charge on any atom is -0.466 e. The number of rotatable bonds is 5. The maximum atomic E-state index is 11.9. The minimum absolute atomic E-state index is 0.232. The van der Waals surface area contributed by atoms with E-state index in [2.05, 4.69) is 9.97 Å². The SMILES string of the molecule is CCOC(=O)C(CC)Cc1nc2cc(Cl)ccc2nc1Cl. The Balaban J connectivity index is 2.32. The highest BCUT2D eigenvalue weighted by Crippen LogP contribution is 2.23. The molecule has 0 fully saturated rings. The summed E-state index contributed by atoms with van der Waals surface area (Å²) >= 11 is 12.1. The molecule has 1 unspecified atom stereocenters. The van der Waals surface area contributed by atoms with Crippen LogP contribution in [0.15, 0.2) is 18.2 Å². The van der Waals surface area contributed by atoms with Gasteiger partial charge in [-0.2, -0.15) is 0 Å². The molecule has 0 N–H and O–H groups in total. The lowest BCUT2D eigenvalue weighted by Gasteiger charge is -2.14. The molecular weight excluding hydrogens is 311 g/mol. The van der Waals surface area contributed by atoms with E-state index in [1.807, 2.05) is 6.92 Å². The van der Waals surface area contributed by atoms with Crippen LogP contribution in [0.25, 0.3) is 11.0 Å². The molecule has 0 bridgehead atoms. The fourth-order valence-electron chi connectivity index (χ4n) is 2.06. The minimum atomic E-state index is -0.270. The van der Waals surface area contributed by atoms with Gasteiger partial charge >= 0.3 is 5.97 Å². The second-order valence-electron chi connectivity index (χ2n) is 4.66. The fraction of sp³-hybridized carbons (Fsp3) is 0.400. The molecular formula is C15H16Cl2N2O2. The van der Waals surface area contributed by atoms with E-state index in [9.17, 15) is 4.79 Å². The highest BCUT2D eigenvalue weighted by atomic mass is 35.5. The normalized spacial score (nSPS) is 12.4. The number of fused-ring (bicyclic) bond motifs is 1. The molecule has 0 aliphatic heterocycles. The van der Waals surface area contributed by atoms with E-state index in [-0.39, 0.29) is 11.9 Å². The van der Waals surface area contributed by atoms with Gasteiger partial charge in [0.15, 0.2) is 5.15 Å². The topological polar surface area (TPSA) is 52.1 Å². The van der Waals surface area contributed by atoms with Crippen molar-refractivity contribution in [3.63, 3.8) is 0 Å². The smallest absolute Gasteiger partial charge is 0.309 e. The molecule has 1 heterocycles. The molecule has 6 heteroatoms. The van der Waals surface area contributed by atoms with Gasteiger partial charge in [-0.25, -0.2) is 9.97 Å². The first-order chi connectivity index (χ1) is 10.0. The Morgan fingerprint density at radius 3 is 2.67 bits per heavy atom. The number of nitrogens with zero attached hydrogens (tertiary/aromatic N) is 2. The summed E-state index contributed by atoms with van der Waals surface area (Å²) in [6.45, 7) is 4.08. The Kier molecular flexibility index (Phi) is 5.37. The summed E-state index contributed by atoms with van der Waals surface area (Å²) in [7, 11) is 0. The lowest BCUT2D eigenvalue weighted by molar-refractivity contribution is -0.148. The van der Waals surface area contributed by atoms with Gasteiger partial charge in [0.1, 0.15) is 0 Å². The summed E-state index contributed by atoms with van der Waals surface area (Å²) in [4.78, 5) is 20.7. The number of halogens is 2. The Labute approximate surface area is 133 Å². The molecule has 0 amide bonds. The lowest BCUT2D eigenvalue weighted by atomic mass is 10.0. The summed E-state index contributed by atoms with van der Waals surface area (Å²) < 4.78 is 5.06. The zero-order valence-electron chi connectivity index (χ0n) is 11.9. The van der Waals surface area contributed by atoms with Crippen LogP contribution in [-0.2, 0) is 16.0 Å². The Morgan fingerprint density at radius 2 is 2.00 bits per heavy atom.